The number of halogens is 1. The molecule has 0 radical (unpaired) electrons. The van der Waals surface area contributed by atoms with E-state index in [0.29, 0.717) is 12.0 Å². The fraction of sp³-hybridized carbons (Fsp3) is 0.294. The molecule has 0 saturated heterocycles. The fourth-order valence-corrected chi connectivity index (χ4v) is 2.49. The van der Waals surface area contributed by atoms with Crippen LogP contribution < -0.4 is 5.73 Å². The molecule has 0 heterocycles. The first-order valence-corrected chi connectivity index (χ1v) is 6.73. The van der Waals surface area contributed by atoms with E-state index in [1.165, 1.54) is 6.07 Å². The zero-order valence-corrected chi connectivity index (χ0v) is 11.6. The van der Waals surface area contributed by atoms with Gasteiger partial charge >= 0.3 is 0 Å². The fourth-order valence-electron chi connectivity index (χ4n) is 2.49. The highest BCUT2D eigenvalue weighted by Crippen LogP contribution is 2.29. The molecular weight excluding hydrogens is 253 g/mol. The average Bonchev–Trinajstić information content (AvgIpc) is 2.47. The number of hydrogen-bond donors (Lipinski definition) is 2. The van der Waals surface area contributed by atoms with Crippen LogP contribution in [0.5, 0.6) is 0 Å². The summed E-state index contributed by atoms with van der Waals surface area (Å²) in [4.78, 5) is 0. The minimum atomic E-state index is -0.645. The lowest BCUT2D eigenvalue weighted by atomic mass is 9.75. The van der Waals surface area contributed by atoms with Gasteiger partial charge in [0.1, 0.15) is 5.82 Å². The molecule has 0 spiro atoms. The van der Waals surface area contributed by atoms with E-state index in [2.05, 4.69) is 0 Å². The molecule has 2 aromatic carbocycles. The molecule has 0 aliphatic rings. The van der Waals surface area contributed by atoms with Gasteiger partial charge in [0.05, 0.1) is 6.61 Å². The summed E-state index contributed by atoms with van der Waals surface area (Å²) in [6, 6.07) is 14.5. The Kier molecular flexibility index (Phi) is 4.53. The zero-order valence-electron chi connectivity index (χ0n) is 11.6. The van der Waals surface area contributed by atoms with Crippen molar-refractivity contribution >= 4 is 0 Å². The smallest absolute Gasteiger partial charge is 0.126 e. The Labute approximate surface area is 119 Å². The van der Waals surface area contributed by atoms with Crippen molar-refractivity contribution in [1.29, 1.82) is 0 Å². The highest BCUT2D eigenvalue weighted by molar-refractivity contribution is 5.33. The molecule has 2 aromatic rings. The molecule has 0 amide bonds. The second-order valence-electron chi connectivity index (χ2n) is 5.28. The zero-order chi connectivity index (χ0) is 14.6. The third-order valence-electron chi connectivity index (χ3n) is 3.81. The Morgan fingerprint density at radius 2 is 1.90 bits per heavy atom. The molecule has 3 N–H and O–H groups in total. The Morgan fingerprint density at radius 1 is 1.15 bits per heavy atom. The van der Waals surface area contributed by atoms with E-state index in [0.717, 1.165) is 11.1 Å². The molecule has 0 aromatic heterocycles. The Balaban J connectivity index is 2.42. The monoisotopic (exact) mass is 273 g/mol. The number of nitrogens with two attached hydrogens (primary N) is 1. The highest BCUT2D eigenvalue weighted by atomic mass is 19.1. The lowest BCUT2D eigenvalue weighted by Crippen LogP contribution is -2.41. The second-order valence-corrected chi connectivity index (χ2v) is 5.28. The SMILES string of the molecule is Cc1cccc(C(CN)(CO)Cc2ccccc2F)c1. The molecule has 106 valence electrons. The second kappa shape index (κ2) is 6.16. The van der Waals surface area contributed by atoms with Crippen LogP contribution in [0, 0.1) is 12.7 Å². The first-order valence-electron chi connectivity index (χ1n) is 6.73. The predicted molar refractivity (Wildman–Crippen MR) is 79.1 cm³/mol. The molecule has 0 aliphatic heterocycles. The van der Waals surface area contributed by atoms with Crippen LogP contribution in [0.3, 0.4) is 0 Å². The third kappa shape index (κ3) is 2.89. The molecule has 3 heteroatoms. The van der Waals surface area contributed by atoms with Gasteiger partial charge in [-0.05, 0) is 30.5 Å². The topological polar surface area (TPSA) is 46.2 Å². The van der Waals surface area contributed by atoms with E-state index >= 15 is 0 Å². The molecule has 1 atom stereocenters. The van der Waals surface area contributed by atoms with Crippen molar-refractivity contribution < 1.29 is 9.50 Å². The molecule has 1 unspecified atom stereocenters. The summed E-state index contributed by atoms with van der Waals surface area (Å²) in [5.74, 6) is -0.258. The maximum absolute atomic E-state index is 13.9. The molecule has 20 heavy (non-hydrogen) atoms. The van der Waals surface area contributed by atoms with Crippen LogP contribution in [0.2, 0.25) is 0 Å². The van der Waals surface area contributed by atoms with E-state index in [4.69, 9.17) is 5.73 Å². The summed E-state index contributed by atoms with van der Waals surface area (Å²) in [5, 5.41) is 9.87. The van der Waals surface area contributed by atoms with E-state index in [-0.39, 0.29) is 19.0 Å². The first kappa shape index (κ1) is 14.7. The summed E-state index contributed by atoms with van der Waals surface area (Å²) in [5.41, 5.74) is 7.90. The van der Waals surface area contributed by atoms with Crippen LogP contribution in [0.1, 0.15) is 16.7 Å². The van der Waals surface area contributed by atoms with Gasteiger partial charge in [0.25, 0.3) is 0 Å². The minimum absolute atomic E-state index is 0.110. The highest BCUT2D eigenvalue weighted by Gasteiger charge is 2.31. The summed E-state index contributed by atoms with van der Waals surface area (Å²) < 4.78 is 13.9. The average molecular weight is 273 g/mol. The van der Waals surface area contributed by atoms with E-state index in [9.17, 15) is 9.50 Å². The standard InChI is InChI=1S/C17H20FNO/c1-13-5-4-7-15(9-13)17(11-19,12-20)10-14-6-2-3-8-16(14)18/h2-9,20H,10-12,19H2,1H3. The van der Waals surface area contributed by atoms with Gasteiger partial charge in [0.15, 0.2) is 0 Å². The van der Waals surface area contributed by atoms with Gasteiger partial charge < -0.3 is 10.8 Å². The molecular formula is C17H20FNO. The van der Waals surface area contributed by atoms with Gasteiger partial charge in [-0.3, -0.25) is 0 Å². The molecule has 0 saturated carbocycles. The Hall–Kier alpha value is -1.71. The first-order chi connectivity index (χ1) is 9.61. The van der Waals surface area contributed by atoms with Crippen molar-refractivity contribution in [2.75, 3.05) is 13.2 Å². The largest absolute Gasteiger partial charge is 0.395 e. The number of aliphatic hydroxyl groups is 1. The number of hydrogen-bond acceptors (Lipinski definition) is 2. The third-order valence-corrected chi connectivity index (χ3v) is 3.81. The number of aliphatic hydroxyl groups excluding tert-OH is 1. The number of benzene rings is 2. The summed E-state index contributed by atoms with van der Waals surface area (Å²) >= 11 is 0. The molecule has 2 nitrogen and oxygen atoms in total. The molecule has 0 bridgehead atoms. The van der Waals surface area contributed by atoms with E-state index < -0.39 is 5.41 Å². The van der Waals surface area contributed by atoms with Crippen LogP contribution in [0.25, 0.3) is 0 Å². The van der Waals surface area contributed by atoms with Crippen molar-refractivity contribution in [2.45, 2.75) is 18.8 Å². The van der Waals surface area contributed by atoms with Crippen molar-refractivity contribution in [3.63, 3.8) is 0 Å². The lowest BCUT2D eigenvalue weighted by Gasteiger charge is -2.31. The molecule has 0 fully saturated rings. The maximum atomic E-state index is 13.9. The van der Waals surface area contributed by atoms with Crippen LogP contribution >= 0.6 is 0 Å². The van der Waals surface area contributed by atoms with Crippen molar-refractivity contribution in [3.8, 4) is 0 Å². The number of aryl methyl sites for hydroxylation is 1. The number of rotatable bonds is 5. The lowest BCUT2D eigenvalue weighted by molar-refractivity contribution is 0.195. The van der Waals surface area contributed by atoms with Crippen LogP contribution in [0.4, 0.5) is 4.39 Å². The summed E-state index contributed by atoms with van der Waals surface area (Å²) in [6.07, 6.45) is 0.385. The van der Waals surface area contributed by atoms with Crippen molar-refractivity contribution in [3.05, 3.63) is 71.0 Å². The van der Waals surface area contributed by atoms with Crippen LogP contribution in [-0.4, -0.2) is 18.3 Å². The molecule has 2 rings (SSSR count). The molecule has 0 aliphatic carbocycles. The van der Waals surface area contributed by atoms with E-state index in [1.54, 1.807) is 18.2 Å². The van der Waals surface area contributed by atoms with Gasteiger partial charge in [-0.1, -0.05) is 48.0 Å². The van der Waals surface area contributed by atoms with Gasteiger partial charge in [0.2, 0.25) is 0 Å². The van der Waals surface area contributed by atoms with Gasteiger partial charge in [-0.15, -0.1) is 0 Å². The summed E-state index contributed by atoms with van der Waals surface area (Å²) in [7, 11) is 0. The van der Waals surface area contributed by atoms with Gasteiger partial charge in [0, 0.05) is 12.0 Å². The quantitative estimate of drug-likeness (QED) is 0.879. The maximum Gasteiger partial charge on any atom is 0.126 e. The summed E-state index contributed by atoms with van der Waals surface area (Å²) in [6.45, 7) is 2.15. The van der Waals surface area contributed by atoms with Crippen molar-refractivity contribution in [2.24, 2.45) is 5.73 Å². The minimum Gasteiger partial charge on any atom is -0.395 e. The van der Waals surface area contributed by atoms with Gasteiger partial charge in [-0.2, -0.15) is 0 Å². The van der Waals surface area contributed by atoms with Crippen LogP contribution in [0.15, 0.2) is 48.5 Å². The Morgan fingerprint density at radius 3 is 2.50 bits per heavy atom. The van der Waals surface area contributed by atoms with Crippen LogP contribution in [-0.2, 0) is 11.8 Å². The van der Waals surface area contributed by atoms with E-state index in [1.807, 2.05) is 31.2 Å². The predicted octanol–water partition coefficient (Wildman–Crippen LogP) is 2.57. The Bertz CT molecular complexity index is 579. The normalized spacial score (nSPS) is 14.0. The van der Waals surface area contributed by atoms with Crippen molar-refractivity contribution in [1.82, 2.24) is 0 Å². The van der Waals surface area contributed by atoms with Gasteiger partial charge in [-0.25, -0.2) is 4.39 Å².